The van der Waals surface area contributed by atoms with Gasteiger partial charge in [0, 0.05) is 64.6 Å². The molecule has 1 aliphatic rings. The summed E-state index contributed by atoms with van der Waals surface area (Å²) in [4.78, 5) is 40.0. The highest BCUT2D eigenvalue weighted by atomic mass is 35.5. The molecule has 2 N–H and O–H groups in total. The standard InChI is InChI=1S/C21H21ClN2O3S.C19H21ClN2O3S/c1-4-27-19(26)12-24-13(2)21(28-16-10-8-15(22)9-11-16)20-17(23-14(3)25)6-5-7-18(20)24;1-3-25-17(23)11-22-12(2)19(26-14-9-7-13(20)8-10-14)18-15(21-24)5-4-6-16(18)22/h5-11H,4,12H2,1-3H3,(H,23,25);7-10,24H,3-6,11H2,1-2H3/b;21-15+. The molecule has 0 bridgehead atoms. The number of anilines is 1. The van der Waals surface area contributed by atoms with Gasteiger partial charge in [0.2, 0.25) is 5.91 Å². The van der Waals surface area contributed by atoms with E-state index in [1.807, 2.05) is 89.7 Å². The van der Waals surface area contributed by atoms with E-state index in [0.717, 1.165) is 72.4 Å². The summed E-state index contributed by atoms with van der Waals surface area (Å²) in [5.74, 6) is -0.703. The van der Waals surface area contributed by atoms with E-state index in [1.54, 1.807) is 37.4 Å². The van der Waals surface area contributed by atoms with Crippen molar-refractivity contribution in [3.63, 3.8) is 0 Å². The normalized spacial score (nSPS) is 12.9. The molecule has 0 unspecified atom stereocenters. The van der Waals surface area contributed by atoms with Crippen LogP contribution in [-0.4, -0.2) is 51.1 Å². The van der Waals surface area contributed by atoms with Crippen LogP contribution in [0.25, 0.3) is 10.9 Å². The Morgan fingerprint density at radius 2 is 1.33 bits per heavy atom. The summed E-state index contributed by atoms with van der Waals surface area (Å²) in [5, 5.41) is 18.2. The van der Waals surface area contributed by atoms with E-state index in [9.17, 15) is 19.6 Å². The SMILES string of the molecule is CCOC(=O)Cn1c(C)c(Sc2ccc(Cl)cc2)c2c(NC(C)=O)cccc21.CCOC(=O)Cn1c(C)c(Sc2ccc(Cl)cc2)c2c1CCC/C2=N\O. The van der Waals surface area contributed by atoms with Crippen molar-refractivity contribution in [2.24, 2.45) is 5.16 Å². The monoisotopic (exact) mass is 808 g/mol. The fraction of sp³-hybridized carbons (Fsp3) is 0.300. The lowest BCUT2D eigenvalue weighted by molar-refractivity contribution is -0.144. The smallest absolute Gasteiger partial charge is 0.325 e. The Balaban J connectivity index is 0.000000208. The molecule has 1 aliphatic carbocycles. The molecule has 0 spiro atoms. The van der Waals surface area contributed by atoms with Crippen molar-refractivity contribution in [2.75, 3.05) is 18.5 Å². The molecule has 0 radical (unpaired) electrons. The molecule has 0 aliphatic heterocycles. The summed E-state index contributed by atoms with van der Waals surface area (Å²) < 4.78 is 14.2. The maximum absolute atomic E-state index is 12.1. The average molecular weight is 810 g/mol. The maximum Gasteiger partial charge on any atom is 0.325 e. The minimum atomic E-state index is -0.296. The molecule has 10 nitrogen and oxygen atoms in total. The van der Waals surface area contributed by atoms with Crippen LogP contribution in [0.4, 0.5) is 5.69 Å². The molecule has 2 aromatic heterocycles. The van der Waals surface area contributed by atoms with E-state index < -0.39 is 0 Å². The minimum absolute atomic E-state index is 0.112. The van der Waals surface area contributed by atoms with Crippen LogP contribution in [0.5, 0.6) is 0 Å². The van der Waals surface area contributed by atoms with Crippen molar-refractivity contribution < 1.29 is 29.1 Å². The number of fused-ring (bicyclic) bond motifs is 2. The first-order chi connectivity index (χ1) is 25.9. The van der Waals surface area contributed by atoms with E-state index in [2.05, 4.69) is 10.5 Å². The Labute approximate surface area is 333 Å². The van der Waals surface area contributed by atoms with Gasteiger partial charge in [0.25, 0.3) is 0 Å². The summed E-state index contributed by atoms with van der Waals surface area (Å²) in [5.41, 5.74) is 6.15. The predicted molar refractivity (Wildman–Crippen MR) is 216 cm³/mol. The molecule has 284 valence electrons. The Morgan fingerprint density at radius 3 is 1.87 bits per heavy atom. The number of halogens is 2. The lowest BCUT2D eigenvalue weighted by atomic mass is 9.96. The first-order valence-corrected chi connectivity index (χ1v) is 19.8. The van der Waals surface area contributed by atoms with Gasteiger partial charge in [0.1, 0.15) is 13.1 Å². The summed E-state index contributed by atoms with van der Waals surface area (Å²) >= 11 is 15.1. The van der Waals surface area contributed by atoms with Crippen LogP contribution >= 0.6 is 46.7 Å². The van der Waals surface area contributed by atoms with Gasteiger partial charge in [-0.25, -0.2) is 0 Å². The van der Waals surface area contributed by atoms with E-state index in [4.69, 9.17) is 32.7 Å². The second-order valence-corrected chi connectivity index (χ2v) is 15.4. The number of nitrogens with one attached hydrogen (secondary N) is 1. The van der Waals surface area contributed by atoms with Gasteiger partial charge in [0.15, 0.2) is 0 Å². The topological polar surface area (TPSA) is 124 Å². The maximum atomic E-state index is 12.1. The zero-order valence-electron chi connectivity index (χ0n) is 30.7. The Bertz CT molecular complexity index is 2180. The quantitative estimate of drug-likeness (QED) is 0.0768. The molecule has 54 heavy (non-hydrogen) atoms. The van der Waals surface area contributed by atoms with Crippen LogP contribution < -0.4 is 5.32 Å². The second-order valence-electron chi connectivity index (χ2n) is 12.3. The van der Waals surface area contributed by atoms with Crippen molar-refractivity contribution in [3.8, 4) is 0 Å². The number of esters is 2. The highest BCUT2D eigenvalue weighted by molar-refractivity contribution is 7.99. The number of carbonyl (C=O) groups excluding carboxylic acids is 3. The number of oxime groups is 1. The number of ether oxygens (including phenoxy) is 2. The Morgan fingerprint density at radius 1 is 0.796 bits per heavy atom. The lowest BCUT2D eigenvalue weighted by Crippen LogP contribution is -2.19. The zero-order chi connectivity index (χ0) is 38.9. The third-order valence-electron chi connectivity index (χ3n) is 8.67. The van der Waals surface area contributed by atoms with E-state index in [1.165, 1.54) is 6.92 Å². The van der Waals surface area contributed by atoms with Gasteiger partial charge < -0.3 is 29.1 Å². The molecular weight excluding hydrogens is 768 g/mol. The molecule has 3 aromatic carbocycles. The zero-order valence-corrected chi connectivity index (χ0v) is 33.8. The van der Waals surface area contributed by atoms with Crippen molar-refractivity contribution >= 4 is 86.9 Å². The Hall–Kier alpha value is -4.36. The molecule has 14 heteroatoms. The van der Waals surface area contributed by atoms with Gasteiger partial charge in [0.05, 0.1) is 30.1 Å². The van der Waals surface area contributed by atoms with Crippen molar-refractivity contribution in [2.45, 2.75) is 86.6 Å². The fourth-order valence-electron chi connectivity index (χ4n) is 6.34. The van der Waals surface area contributed by atoms with Gasteiger partial charge >= 0.3 is 11.9 Å². The van der Waals surface area contributed by atoms with Crippen LogP contribution in [0.2, 0.25) is 10.0 Å². The molecule has 2 heterocycles. The van der Waals surface area contributed by atoms with Crippen LogP contribution in [0, 0.1) is 13.8 Å². The summed E-state index contributed by atoms with van der Waals surface area (Å²) in [7, 11) is 0. The predicted octanol–water partition coefficient (Wildman–Crippen LogP) is 9.95. The third-order valence-corrected chi connectivity index (χ3v) is 11.6. The summed E-state index contributed by atoms with van der Waals surface area (Å²) in [6, 6.07) is 20.9. The van der Waals surface area contributed by atoms with E-state index >= 15 is 0 Å². The van der Waals surface area contributed by atoms with Crippen LogP contribution in [-0.2, 0) is 43.4 Å². The van der Waals surface area contributed by atoms with E-state index in [0.29, 0.717) is 34.7 Å². The largest absolute Gasteiger partial charge is 0.465 e. The number of nitrogens with zero attached hydrogens (tertiary/aromatic N) is 3. The highest BCUT2D eigenvalue weighted by Gasteiger charge is 2.29. The number of amides is 1. The number of aromatic nitrogens is 2. The lowest BCUT2D eigenvalue weighted by Gasteiger charge is -2.17. The number of hydrogen-bond donors (Lipinski definition) is 2. The Kier molecular flexibility index (Phi) is 14.2. The van der Waals surface area contributed by atoms with Crippen molar-refractivity contribution in [1.29, 1.82) is 0 Å². The number of hydrogen-bond acceptors (Lipinski definition) is 9. The minimum Gasteiger partial charge on any atom is -0.465 e. The summed E-state index contributed by atoms with van der Waals surface area (Å²) in [6.45, 7) is 10.00. The molecule has 5 aromatic rings. The van der Waals surface area contributed by atoms with E-state index in [-0.39, 0.29) is 30.9 Å². The third kappa shape index (κ3) is 9.65. The van der Waals surface area contributed by atoms with Crippen LogP contribution in [0.15, 0.2) is 91.5 Å². The van der Waals surface area contributed by atoms with Gasteiger partial charge in [-0.05, 0) is 108 Å². The number of benzene rings is 3. The number of rotatable bonds is 11. The van der Waals surface area contributed by atoms with Crippen molar-refractivity contribution in [1.82, 2.24) is 9.13 Å². The molecule has 1 amide bonds. The summed E-state index contributed by atoms with van der Waals surface area (Å²) in [6.07, 6.45) is 2.46. The molecule has 0 fully saturated rings. The molecule has 0 atom stereocenters. The molecule has 0 saturated heterocycles. The van der Waals surface area contributed by atoms with Crippen molar-refractivity contribution in [3.05, 3.63) is 99.4 Å². The molecule has 6 rings (SSSR count). The van der Waals surface area contributed by atoms with Crippen LogP contribution in [0.3, 0.4) is 0 Å². The van der Waals surface area contributed by atoms with Gasteiger partial charge in [-0.2, -0.15) is 0 Å². The van der Waals surface area contributed by atoms with Gasteiger partial charge in [-0.1, -0.05) is 57.9 Å². The van der Waals surface area contributed by atoms with Crippen LogP contribution in [0.1, 0.15) is 56.3 Å². The molecular formula is C40H42Cl2N4O6S2. The second kappa shape index (κ2) is 18.8. The first-order valence-electron chi connectivity index (χ1n) is 17.5. The fourth-order valence-corrected chi connectivity index (χ4v) is 8.78. The average Bonchev–Trinajstić information content (AvgIpc) is 3.56. The van der Waals surface area contributed by atoms with Gasteiger partial charge in [-0.3, -0.25) is 14.4 Å². The first kappa shape index (κ1) is 40.8. The number of carbonyl (C=O) groups is 3. The van der Waals surface area contributed by atoms with Gasteiger partial charge in [-0.15, -0.1) is 0 Å². The highest BCUT2D eigenvalue weighted by Crippen LogP contribution is 2.43. The molecule has 0 saturated carbocycles.